The van der Waals surface area contributed by atoms with Gasteiger partial charge in [0.1, 0.15) is 0 Å². The summed E-state index contributed by atoms with van der Waals surface area (Å²) in [6.07, 6.45) is 7.93. The van der Waals surface area contributed by atoms with E-state index >= 15 is 0 Å². The Morgan fingerprint density at radius 1 is 1.23 bits per heavy atom. The number of likely N-dealkylation sites (tertiary alicyclic amines) is 1. The summed E-state index contributed by atoms with van der Waals surface area (Å²) < 4.78 is 0. The van der Waals surface area contributed by atoms with E-state index in [4.69, 9.17) is 0 Å². The molecule has 0 unspecified atom stereocenters. The van der Waals surface area contributed by atoms with Gasteiger partial charge in [-0.15, -0.1) is 0 Å². The van der Waals surface area contributed by atoms with Gasteiger partial charge in [-0.1, -0.05) is 12.8 Å². The van der Waals surface area contributed by atoms with Crippen LogP contribution in [-0.4, -0.2) is 66.3 Å². The van der Waals surface area contributed by atoms with E-state index in [0.717, 1.165) is 38.4 Å². The number of nitrogens with one attached hydrogen (secondary N) is 1. The Morgan fingerprint density at radius 2 is 2.00 bits per heavy atom. The second-order valence-corrected chi connectivity index (χ2v) is 7.56. The molecule has 1 aliphatic heterocycles. The Labute approximate surface area is 134 Å². The molecule has 2 aliphatic carbocycles. The highest BCUT2D eigenvalue weighted by Gasteiger charge is 2.34. The number of urea groups is 1. The lowest BCUT2D eigenvalue weighted by atomic mass is 9.86. The molecule has 3 atom stereocenters. The average Bonchev–Trinajstić information content (AvgIpc) is 3.26. The summed E-state index contributed by atoms with van der Waals surface area (Å²) in [4.78, 5) is 16.6. The number of aliphatic hydroxyl groups excluding tert-OH is 1. The van der Waals surface area contributed by atoms with Crippen LogP contribution >= 0.6 is 0 Å². The molecule has 0 spiro atoms. The Hall–Kier alpha value is -0.810. The van der Waals surface area contributed by atoms with E-state index in [1.54, 1.807) is 4.90 Å². The minimum atomic E-state index is -0.231. The molecule has 3 rings (SSSR count). The van der Waals surface area contributed by atoms with Crippen molar-refractivity contribution in [3.8, 4) is 0 Å². The minimum absolute atomic E-state index is 0.0163. The van der Waals surface area contributed by atoms with Crippen LogP contribution in [0.1, 0.15) is 44.9 Å². The molecule has 0 bridgehead atoms. The number of nitrogens with zero attached hydrogens (tertiary/aromatic N) is 2. The first-order valence-corrected chi connectivity index (χ1v) is 9.04. The summed E-state index contributed by atoms with van der Waals surface area (Å²) in [5.41, 5.74) is 0. The van der Waals surface area contributed by atoms with Gasteiger partial charge in [0.25, 0.3) is 0 Å². The Kier molecular flexibility index (Phi) is 5.24. The van der Waals surface area contributed by atoms with E-state index in [1.807, 2.05) is 7.05 Å². The number of rotatable bonds is 5. The van der Waals surface area contributed by atoms with Crippen molar-refractivity contribution in [3.05, 3.63) is 0 Å². The van der Waals surface area contributed by atoms with E-state index < -0.39 is 0 Å². The number of hydrogen-bond acceptors (Lipinski definition) is 3. The second-order valence-electron chi connectivity index (χ2n) is 7.56. The van der Waals surface area contributed by atoms with Gasteiger partial charge in [-0.2, -0.15) is 0 Å². The smallest absolute Gasteiger partial charge is 0.317 e. The molecule has 0 aromatic heterocycles. The van der Waals surface area contributed by atoms with Crippen molar-refractivity contribution in [2.75, 3.05) is 33.2 Å². The quantitative estimate of drug-likeness (QED) is 0.812. The molecule has 5 nitrogen and oxygen atoms in total. The van der Waals surface area contributed by atoms with E-state index in [2.05, 4.69) is 10.2 Å². The minimum Gasteiger partial charge on any atom is -0.393 e. The zero-order valence-electron chi connectivity index (χ0n) is 13.8. The fourth-order valence-corrected chi connectivity index (χ4v) is 4.00. The van der Waals surface area contributed by atoms with Crippen LogP contribution in [0.3, 0.4) is 0 Å². The second kappa shape index (κ2) is 7.18. The highest BCUT2D eigenvalue weighted by Crippen LogP contribution is 2.31. The highest BCUT2D eigenvalue weighted by atomic mass is 16.3. The molecule has 2 saturated carbocycles. The van der Waals surface area contributed by atoms with Gasteiger partial charge in [-0.3, -0.25) is 0 Å². The zero-order valence-corrected chi connectivity index (χ0v) is 13.8. The van der Waals surface area contributed by atoms with Crippen molar-refractivity contribution in [3.63, 3.8) is 0 Å². The fourth-order valence-electron chi connectivity index (χ4n) is 4.00. The molecule has 0 aromatic rings. The lowest BCUT2D eigenvalue weighted by Gasteiger charge is -2.31. The molecule has 5 heteroatoms. The predicted octanol–water partition coefficient (Wildman–Crippen LogP) is 1.66. The van der Waals surface area contributed by atoms with E-state index in [9.17, 15) is 9.90 Å². The molecule has 0 radical (unpaired) electrons. The molecule has 3 fully saturated rings. The Balaban J connectivity index is 1.36. The normalized spacial score (nSPS) is 32.9. The van der Waals surface area contributed by atoms with Crippen LogP contribution in [0.2, 0.25) is 0 Å². The summed E-state index contributed by atoms with van der Waals surface area (Å²) in [6.45, 7) is 3.82. The van der Waals surface area contributed by atoms with Gasteiger partial charge in [-0.05, 0) is 44.6 Å². The molecule has 2 amide bonds. The molecule has 22 heavy (non-hydrogen) atoms. The van der Waals surface area contributed by atoms with Gasteiger partial charge in [0.2, 0.25) is 0 Å². The van der Waals surface area contributed by atoms with E-state index in [-0.39, 0.29) is 18.1 Å². The van der Waals surface area contributed by atoms with Crippen molar-refractivity contribution in [2.24, 2.45) is 11.8 Å². The maximum Gasteiger partial charge on any atom is 0.317 e. The molecule has 3 aliphatic rings. The van der Waals surface area contributed by atoms with Crippen LogP contribution in [0, 0.1) is 11.8 Å². The first-order chi connectivity index (χ1) is 10.6. The SMILES string of the molecule is CN(C[C@@H]1CCCC[C@@H]1O)C(=O)NC[C@H]1CCN(C2CC2)C1. The lowest BCUT2D eigenvalue weighted by Crippen LogP contribution is -2.44. The molecule has 0 aromatic carbocycles. The third-order valence-electron chi connectivity index (χ3n) is 5.65. The summed E-state index contributed by atoms with van der Waals surface area (Å²) in [5.74, 6) is 0.861. The molecule has 2 N–H and O–H groups in total. The number of carbonyl (C=O) groups is 1. The van der Waals surface area contributed by atoms with E-state index in [1.165, 1.54) is 32.2 Å². The van der Waals surface area contributed by atoms with Crippen molar-refractivity contribution < 1.29 is 9.90 Å². The first-order valence-electron chi connectivity index (χ1n) is 9.04. The fraction of sp³-hybridized carbons (Fsp3) is 0.941. The van der Waals surface area contributed by atoms with Crippen molar-refractivity contribution in [1.29, 1.82) is 0 Å². The Morgan fingerprint density at radius 3 is 2.73 bits per heavy atom. The predicted molar refractivity (Wildman–Crippen MR) is 86.7 cm³/mol. The van der Waals surface area contributed by atoms with Crippen LogP contribution in [0.15, 0.2) is 0 Å². The van der Waals surface area contributed by atoms with Gasteiger partial charge in [-0.25, -0.2) is 4.79 Å². The number of amides is 2. The summed E-state index contributed by atoms with van der Waals surface area (Å²) in [7, 11) is 1.85. The monoisotopic (exact) mass is 309 g/mol. The first kappa shape index (κ1) is 16.1. The lowest BCUT2D eigenvalue weighted by molar-refractivity contribution is 0.0564. The van der Waals surface area contributed by atoms with Crippen molar-refractivity contribution >= 4 is 6.03 Å². The topological polar surface area (TPSA) is 55.8 Å². The summed E-state index contributed by atoms with van der Waals surface area (Å²) in [6, 6.07) is 0.860. The summed E-state index contributed by atoms with van der Waals surface area (Å²) >= 11 is 0. The maximum atomic E-state index is 12.2. The molecule has 1 heterocycles. The van der Waals surface area contributed by atoms with E-state index in [0.29, 0.717) is 12.5 Å². The highest BCUT2D eigenvalue weighted by molar-refractivity contribution is 5.73. The maximum absolute atomic E-state index is 12.2. The summed E-state index contributed by atoms with van der Waals surface area (Å²) in [5, 5.41) is 13.1. The Bertz CT molecular complexity index is 386. The standard InChI is InChI=1S/C17H31N3O2/c1-19(12-14-4-2-3-5-16(14)21)17(22)18-10-13-8-9-20(11-13)15-6-7-15/h13-16,21H,2-12H2,1H3,(H,18,22)/t13-,14+,16+/m1/s1. The largest absolute Gasteiger partial charge is 0.393 e. The van der Waals surface area contributed by atoms with Gasteiger partial charge in [0.05, 0.1) is 6.10 Å². The van der Waals surface area contributed by atoms with Gasteiger partial charge in [0.15, 0.2) is 0 Å². The van der Waals surface area contributed by atoms with Crippen LogP contribution in [0.5, 0.6) is 0 Å². The molecule has 1 saturated heterocycles. The van der Waals surface area contributed by atoms with Crippen molar-refractivity contribution in [1.82, 2.24) is 15.1 Å². The zero-order chi connectivity index (χ0) is 15.5. The number of carbonyl (C=O) groups excluding carboxylic acids is 1. The molecular weight excluding hydrogens is 278 g/mol. The molecular formula is C17H31N3O2. The number of aliphatic hydroxyl groups is 1. The third kappa shape index (κ3) is 4.13. The van der Waals surface area contributed by atoms with Crippen LogP contribution in [-0.2, 0) is 0 Å². The molecule has 126 valence electrons. The van der Waals surface area contributed by atoms with Gasteiger partial charge >= 0.3 is 6.03 Å². The van der Waals surface area contributed by atoms with Gasteiger partial charge in [0, 0.05) is 38.6 Å². The van der Waals surface area contributed by atoms with Gasteiger partial charge < -0.3 is 20.2 Å². The van der Waals surface area contributed by atoms with Crippen LogP contribution in [0.4, 0.5) is 4.79 Å². The van der Waals surface area contributed by atoms with Crippen LogP contribution < -0.4 is 5.32 Å². The number of hydrogen-bond donors (Lipinski definition) is 2. The van der Waals surface area contributed by atoms with Crippen LogP contribution in [0.25, 0.3) is 0 Å². The van der Waals surface area contributed by atoms with Crippen molar-refractivity contribution in [2.45, 2.75) is 57.1 Å². The average molecular weight is 309 g/mol. The third-order valence-corrected chi connectivity index (χ3v) is 5.65.